The second kappa shape index (κ2) is 8.04. The Labute approximate surface area is 175 Å². The molecule has 0 spiro atoms. The maximum atomic E-state index is 13.8. The first kappa shape index (κ1) is 21.7. The van der Waals surface area contributed by atoms with Crippen LogP contribution >= 0.6 is 11.6 Å². The molecule has 0 atom stereocenters. The highest BCUT2D eigenvalue weighted by Gasteiger charge is 2.25. The Morgan fingerprint density at radius 1 is 1.23 bits per heavy atom. The molecular weight excluding hydrogens is 418 g/mol. The fourth-order valence-corrected chi connectivity index (χ4v) is 3.05. The van der Waals surface area contributed by atoms with Crippen molar-refractivity contribution in [2.45, 2.75) is 33.0 Å². The third kappa shape index (κ3) is 4.29. The predicted octanol–water partition coefficient (Wildman–Crippen LogP) is 3.87. The summed E-state index contributed by atoms with van der Waals surface area (Å²) < 4.78 is 34.7. The summed E-state index contributed by atoms with van der Waals surface area (Å²) in [4.78, 5) is 25.0. The Hall–Kier alpha value is -2.97. The standard InChI is InChI=1S/C21H19ClF2N2O4/c1-12-8-17(30-11-13-4-5-14(23)9-16(13)24)18(22)19(27)26(12)15-6-7-25(10-15)20(28)21(2,3)29/h4-10,29H,11H2,1-3H3. The molecule has 1 N–H and O–H groups in total. The monoisotopic (exact) mass is 436 g/mol. The van der Waals surface area contributed by atoms with Crippen LogP contribution in [-0.2, 0) is 6.61 Å². The molecule has 0 unspecified atom stereocenters. The van der Waals surface area contributed by atoms with E-state index >= 15 is 0 Å². The fraction of sp³-hybridized carbons (Fsp3) is 0.238. The van der Waals surface area contributed by atoms with Crippen molar-refractivity contribution in [2.75, 3.05) is 0 Å². The van der Waals surface area contributed by atoms with Gasteiger partial charge in [-0.05, 0) is 39.0 Å². The van der Waals surface area contributed by atoms with E-state index in [4.69, 9.17) is 16.3 Å². The van der Waals surface area contributed by atoms with Crippen LogP contribution in [0.1, 0.15) is 29.9 Å². The SMILES string of the molecule is Cc1cc(OCc2ccc(F)cc2F)c(Cl)c(=O)n1-c1ccn(C(=O)C(C)(C)O)c1. The molecule has 0 aliphatic heterocycles. The van der Waals surface area contributed by atoms with E-state index in [0.717, 1.165) is 12.1 Å². The lowest BCUT2D eigenvalue weighted by Gasteiger charge is -2.16. The summed E-state index contributed by atoms with van der Waals surface area (Å²) in [7, 11) is 0. The smallest absolute Gasteiger partial charge is 0.277 e. The van der Waals surface area contributed by atoms with E-state index in [1.165, 1.54) is 53.6 Å². The molecule has 0 bridgehead atoms. The average molecular weight is 437 g/mol. The predicted molar refractivity (Wildman–Crippen MR) is 107 cm³/mol. The van der Waals surface area contributed by atoms with E-state index in [-0.39, 0.29) is 22.9 Å². The normalized spacial score (nSPS) is 11.6. The number of aliphatic hydroxyl groups is 1. The summed E-state index contributed by atoms with van der Waals surface area (Å²) in [5, 5.41) is 9.64. The van der Waals surface area contributed by atoms with Crippen LogP contribution in [0.25, 0.3) is 5.69 Å². The average Bonchev–Trinajstić information content (AvgIpc) is 3.12. The number of hydrogen-bond acceptors (Lipinski definition) is 4. The van der Waals surface area contributed by atoms with Crippen molar-refractivity contribution in [1.82, 2.24) is 9.13 Å². The van der Waals surface area contributed by atoms with E-state index in [2.05, 4.69) is 0 Å². The molecular formula is C21H19ClF2N2O4. The molecule has 3 aromatic rings. The summed E-state index contributed by atoms with van der Waals surface area (Å²) in [6.07, 6.45) is 2.83. The second-order valence-corrected chi connectivity index (χ2v) is 7.65. The van der Waals surface area contributed by atoms with Crippen molar-refractivity contribution in [3.8, 4) is 11.4 Å². The zero-order valence-electron chi connectivity index (χ0n) is 16.4. The number of rotatable bonds is 5. The van der Waals surface area contributed by atoms with Gasteiger partial charge in [-0.2, -0.15) is 0 Å². The number of pyridine rings is 1. The molecule has 2 heterocycles. The molecule has 1 aromatic carbocycles. The van der Waals surface area contributed by atoms with Crippen molar-refractivity contribution < 1.29 is 23.4 Å². The molecule has 3 rings (SSSR count). The van der Waals surface area contributed by atoms with E-state index in [1.54, 1.807) is 6.92 Å². The van der Waals surface area contributed by atoms with Gasteiger partial charge < -0.3 is 9.84 Å². The molecule has 9 heteroatoms. The van der Waals surface area contributed by atoms with Crippen LogP contribution in [0, 0.1) is 18.6 Å². The first-order valence-corrected chi connectivity index (χ1v) is 9.31. The molecule has 0 fully saturated rings. The zero-order valence-corrected chi connectivity index (χ0v) is 17.2. The van der Waals surface area contributed by atoms with Crippen LogP contribution in [0.4, 0.5) is 8.78 Å². The Bertz CT molecular complexity index is 1180. The van der Waals surface area contributed by atoms with Gasteiger partial charge in [-0.15, -0.1) is 0 Å². The first-order valence-electron chi connectivity index (χ1n) is 8.93. The number of carbonyl (C=O) groups excluding carboxylic acids is 1. The van der Waals surface area contributed by atoms with Gasteiger partial charge in [0.05, 0.1) is 5.69 Å². The Morgan fingerprint density at radius 3 is 2.57 bits per heavy atom. The number of carbonyl (C=O) groups is 1. The van der Waals surface area contributed by atoms with Gasteiger partial charge in [0.25, 0.3) is 11.5 Å². The molecule has 0 amide bonds. The Kier molecular flexibility index (Phi) is 5.83. The zero-order chi connectivity index (χ0) is 22.2. The number of aromatic nitrogens is 2. The molecule has 0 radical (unpaired) electrons. The summed E-state index contributed by atoms with van der Waals surface area (Å²) in [5.41, 5.74) is -1.25. The molecule has 30 heavy (non-hydrogen) atoms. The minimum atomic E-state index is -1.58. The highest BCUT2D eigenvalue weighted by molar-refractivity contribution is 6.31. The topological polar surface area (TPSA) is 73.5 Å². The van der Waals surface area contributed by atoms with E-state index in [1.807, 2.05) is 0 Å². The van der Waals surface area contributed by atoms with E-state index in [0.29, 0.717) is 11.4 Å². The number of halogens is 3. The third-order valence-electron chi connectivity index (χ3n) is 4.39. The third-order valence-corrected chi connectivity index (χ3v) is 4.74. The minimum absolute atomic E-state index is 0.0474. The Balaban J connectivity index is 1.91. The van der Waals surface area contributed by atoms with Gasteiger partial charge >= 0.3 is 0 Å². The lowest BCUT2D eigenvalue weighted by Crippen LogP contribution is -2.35. The van der Waals surface area contributed by atoms with Crippen molar-refractivity contribution in [3.63, 3.8) is 0 Å². The summed E-state index contributed by atoms with van der Waals surface area (Å²) in [5.74, 6) is -1.99. The highest BCUT2D eigenvalue weighted by Crippen LogP contribution is 2.25. The number of aryl methyl sites for hydroxylation is 1. The van der Waals surface area contributed by atoms with Gasteiger partial charge in [0.1, 0.15) is 34.6 Å². The molecule has 158 valence electrons. The van der Waals surface area contributed by atoms with Crippen LogP contribution in [0.2, 0.25) is 5.02 Å². The number of nitrogens with zero attached hydrogens (tertiary/aromatic N) is 2. The maximum Gasteiger partial charge on any atom is 0.277 e. The number of ether oxygens (including phenoxy) is 1. The van der Waals surface area contributed by atoms with Crippen LogP contribution in [0.5, 0.6) is 5.75 Å². The fourth-order valence-electron chi connectivity index (χ4n) is 2.86. The van der Waals surface area contributed by atoms with Crippen molar-refractivity contribution >= 4 is 17.5 Å². The highest BCUT2D eigenvalue weighted by atomic mass is 35.5. The van der Waals surface area contributed by atoms with Gasteiger partial charge in [0, 0.05) is 35.8 Å². The van der Waals surface area contributed by atoms with Crippen LogP contribution in [-0.4, -0.2) is 25.7 Å². The van der Waals surface area contributed by atoms with Crippen LogP contribution < -0.4 is 10.3 Å². The van der Waals surface area contributed by atoms with E-state index in [9.17, 15) is 23.5 Å². The summed E-state index contributed by atoms with van der Waals surface area (Å²) >= 11 is 6.17. The first-order chi connectivity index (χ1) is 14.0. The number of hydrogen-bond donors (Lipinski definition) is 1. The van der Waals surface area contributed by atoms with Gasteiger partial charge in [-0.25, -0.2) is 8.78 Å². The second-order valence-electron chi connectivity index (χ2n) is 7.27. The lowest BCUT2D eigenvalue weighted by molar-refractivity contribution is 0.0392. The van der Waals surface area contributed by atoms with Gasteiger partial charge in [-0.3, -0.25) is 18.7 Å². The largest absolute Gasteiger partial charge is 0.487 e. The molecule has 0 aliphatic carbocycles. The van der Waals surface area contributed by atoms with Crippen LogP contribution in [0.3, 0.4) is 0 Å². The quantitative estimate of drug-likeness (QED) is 0.659. The maximum absolute atomic E-state index is 13.8. The molecule has 0 saturated heterocycles. The summed E-state index contributed by atoms with van der Waals surface area (Å²) in [6, 6.07) is 6.12. The molecule has 2 aromatic heterocycles. The van der Waals surface area contributed by atoms with Crippen molar-refractivity contribution in [2.24, 2.45) is 0 Å². The molecule has 0 saturated carbocycles. The van der Waals surface area contributed by atoms with Crippen molar-refractivity contribution in [1.29, 1.82) is 0 Å². The lowest BCUT2D eigenvalue weighted by atomic mass is 10.1. The van der Waals surface area contributed by atoms with Crippen LogP contribution in [0.15, 0.2) is 47.5 Å². The van der Waals surface area contributed by atoms with Gasteiger partial charge in [-0.1, -0.05) is 11.6 Å². The van der Waals surface area contributed by atoms with Gasteiger partial charge in [0.15, 0.2) is 0 Å². The summed E-state index contributed by atoms with van der Waals surface area (Å²) in [6.45, 7) is 4.11. The Morgan fingerprint density at radius 2 is 1.93 bits per heavy atom. The van der Waals surface area contributed by atoms with Crippen molar-refractivity contribution in [3.05, 3.63) is 81.0 Å². The van der Waals surface area contributed by atoms with Gasteiger partial charge in [0.2, 0.25) is 0 Å². The van der Waals surface area contributed by atoms with E-state index < -0.39 is 28.7 Å². The number of benzene rings is 1. The minimum Gasteiger partial charge on any atom is -0.487 e. The molecule has 6 nitrogen and oxygen atoms in total. The molecule has 0 aliphatic rings.